The molecule has 10 heteroatoms. The fraction of sp³-hybridized carbons (Fsp3) is 0.421. The van der Waals surface area contributed by atoms with E-state index in [0.29, 0.717) is 36.5 Å². The Kier molecular flexibility index (Phi) is 5.27. The molecule has 0 aliphatic carbocycles. The summed E-state index contributed by atoms with van der Waals surface area (Å²) in [5.74, 6) is 0. The second-order valence-corrected chi connectivity index (χ2v) is 7.07. The molecule has 29 heavy (non-hydrogen) atoms. The fourth-order valence-electron chi connectivity index (χ4n) is 3.63. The molecule has 1 saturated heterocycles. The molecule has 0 spiro atoms. The molecule has 3 aromatic rings. The molecule has 1 fully saturated rings. The molecule has 1 aliphatic heterocycles. The van der Waals surface area contributed by atoms with Crippen LogP contribution in [-0.4, -0.2) is 57.1 Å². The third kappa shape index (κ3) is 4.26. The molecular weight excluding hydrogens is 385 g/mol. The first-order chi connectivity index (χ1) is 13.9. The number of benzene rings is 1. The van der Waals surface area contributed by atoms with E-state index in [9.17, 15) is 18.0 Å². The van der Waals surface area contributed by atoms with Crippen LogP contribution in [0.3, 0.4) is 0 Å². The average molecular weight is 406 g/mol. The van der Waals surface area contributed by atoms with E-state index in [4.69, 9.17) is 0 Å². The number of rotatable bonds is 5. The number of halogens is 3. The highest BCUT2D eigenvalue weighted by molar-refractivity contribution is 5.68. The number of aromatic amines is 1. The van der Waals surface area contributed by atoms with Gasteiger partial charge < -0.3 is 14.5 Å². The Labute approximate surface area is 164 Å². The molecule has 0 unspecified atom stereocenters. The van der Waals surface area contributed by atoms with Gasteiger partial charge in [0.05, 0.1) is 18.2 Å². The number of hydrogen-bond donors (Lipinski definition) is 1. The van der Waals surface area contributed by atoms with Gasteiger partial charge in [0, 0.05) is 38.4 Å². The minimum atomic E-state index is -4.32. The molecule has 1 N–H and O–H groups in total. The molecular formula is C19H21F3N6O. The van der Waals surface area contributed by atoms with Crippen molar-refractivity contribution in [2.45, 2.75) is 19.1 Å². The van der Waals surface area contributed by atoms with Crippen LogP contribution in [0.4, 0.5) is 18.9 Å². The van der Waals surface area contributed by atoms with Crippen molar-refractivity contribution in [2.24, 2.45) is 0 Å². The highest BCUT2D eigenvalue weighted by Crippen LogP contribution is 2.31. The van der Waals surface area contributed by atoms with Gasteiger partial charge in [0.25, 0.3) is 5.56 Å². The number of H-pyrrole nitrogens is 1. The lowest BCUT2D eigenvalue weighted by Crippen LogP contribution is -2.46. The third-order valence-electron chi connectivity index (χ3n) is 5.19. The predicted octanol–water partition coefficient (Wildman–Crippen LogP) is 2.35. The van der Waals surface area contributed by atoms with Gasteiger partial charge in [0.1, 0.15) is 0 Å². The van der Waals surface area contributed by atoms with Crippen molar-refractivity contribution in [1.29, 1.82) is 0 Å². The van der Waals surface area contributed by atoms with Gasteiger partial charge in [0.15, 0.2) is 11.2 Å². The van der Waals surface area contributed by atoms with E-state index in [0.717, 1.165) is 32.1 Å². The van der Waals surface area contributed by atoms with Crippen LogP contribution < -0.4 is 10.5 Å². The van der Waals surface area contributed by atoms with Crippen LogP contribution in [0.2, 0.25) is 0 Å². The number of hydrogen-bond acceptors (Lipinski definition) is 5. The maximum atomic E-state index is 12.9. The van der Waals surface area contributed by atoms with Gasteiger partial charge in [-0.1, -0.05) is 6.07 Å². The second kappa shape index (κ2) is 7.86. The quantitative estimate of drug-likeness (QED) is 0.705. The summed E-state index contributed by atoms with van der Waals surface area (Å²) in [6, 6.07) is 5.50. The number of piperazine rings is 1. The summed E-state index contributed by atoms with van der Waals surface area (Å²) < 4.78 is 40.6. The summed E-state index contributed by atoms with van der Waals surface area (Å²) >= 11 is 0. The zero-order valence-electron chi connectivity index (χ0n) is 15.7. The highest BCUT2D eigenvalue weighted by Gasteiger charge is 2.31. The average Bonchev–Trinajstić information content (AvgIpc) is 3.13. The number of alkyl halides is 3. The van der Waals surface area contributed by atoms with E-state index >= 15 is 0 Å². The zero-order chi connectivity index (χ0) is 20.4. The molecule has 3 heterocycles. The maximum absolute atomic E-state index is 12.9. The molecule has 2 aromatic heterocycles. The van der Waals surface area contributed by atoms with Crippen LogP contribution >= 0.6 is 0 Å². The molecule has 0 amide bonds. The summed E-state index contributed by atoms with van der Waals surface area (Å²) in [6.07, 6.45) is -0.465. The van der Waals surface area contributed by atoms with E-state index in [1.54, 1.807) is 12.4 Å². The number of imidazole rings is 1. The Hall–Kier alpha value is -2.88. The summed E-state index contributed by atoms with van der Waals surface area (Å²) in [5, 5.41) is 0. The Morgan fingerprint density at radius 1 is 1.07 bits per heavy atom. The molecule has 1 aliphatic rings. The molecule has 0 atom stereocenters. The number of aryl methyl sites for hydroxylation is 1. The number of anilines is 1. The van der Waals surface area contributed by atoms with Crippen molar-refractivity contribution >= 4 is 16.9 Å². The van der Waals surface area contributed by atoms with Crippen LogP contribution in [0.25, 0.3) is 11.2 Å². The van der Waals surface area contributed by atoms with Crippen LogP contribution in [-0.2, 0) is 12.7 Å². The summed E-state index contributed by atoms with van der Waals surface area (Å²) in [6.45, 7) is 4.51. The Morgan fingerprint density at radius 3 is 2.62 bits per heavy atom. The van der Waals surface area contributed by atoms with E-state index in [2.05, 4.69) is 19.9 Å². The molecule has 7 nitrogen and oxygen atoms in total. The standard InChI is InChI=1S/C19H21F3N6O/c20-19(21,22)14-3-1-4-15(11-14)27-9-7-26(8-10-27)5-2-6-28-13-25-16-17(28)23-12-24-18(16)29/h1,3-4,11-13H,2,5-10H2,(H,23,24,29). The van der Waals surface area contributed by atoms with E-state index in [1.807, 2.05) is 9.47 Å². The molecule has 0 bridgehead atoms. The lowest BCUT2D eigenvalue weighted by Gasteiger charge is -2.36. The Bertz CT molecular complexity index is 1040. The van der Waals surface area contributed by atoms with Gasteiger partial charge in [-0.05, 0) is 31.2 Å². The van der Waals surface area contributed by atoms with Crippen molar-refractivity contribution in [3.05, 3.63) is 52.8 Å². The fourth-order valence-corrected chi connectivity index (χ4v) is 3.63. The molecule has 0 saturated carbocycles. The number of fused-ring (bicyclic) bond motifs is 1. The zero-order valence-corrected chi connectivity index (χ0v) is 15.7. The van der Waals surface area contributed by atoms with Crippen molar-refractivity contribution in [1.82, 2.24) is 24.4 Å². The van der Waals surface area contributed by atoms with Crippen LogP contribution in [0.1, 0.15) is 12.0 Å². The minimum absolute atomic E-state index is 0.250. The molecule has 0 radical (unpaired) electrons. The van der Waals surface area contributed by atoms with Crippen molar-refractivity contribution in [3.63, 3.8) is 0 Å². The Morgan fingerprint density at radius 2 is 1.86 bits per heavy atom. The largest absolute Gasteiger partial charge is 0.416 e. The van der Waals surface area contributed by atoms with Crippen LogP contribution in [0.15, 0.2) is 41.7 Å². The van der Waals surface area contributed by atoms with E-state index in [1.165, 1.54) is 18.5 Å². The number of nitrogens with one attached hydrogen (secondary N) is 1. The normalized spacial score (nSPS) is 15.9. The molecule has 1 aromatic carbocycles. The van der Waals surface area contributed by atoms with Crippen LogP contribution in [0.5, 0.6) is 0 Å². The first-order valence-electron chi connectivity index (χ1n) is 9.45. The van der Waals surface area contributed by atoms with Crippen LogP contribution in [0, 0.1) is 0 Å². The summed E-state index contributed by atoms with van der Waals surface area (Å²) in [7, 11) is 0. The van der Waals surface area contributed by atoms with Gasteiger partial charge in [-0.3, -0.25) is 9.69 Å². The smallest absolute Gasteiger partial charge is 0.369 e. The van der Waals surface area contributed by atoms with Crippen molar-refractivity contribution < 1.29 is 13.2 Å². The number of nitrogens with zero attached hydrogens (tertiary/aromatic N) is 5. The van der Waals surface area contributed by atoms with Crippen molar-refractivity contribution in [2.75, 3.05) is 37.6 Å². The number of aromatic nitrogens is 4. The lowest BCUT2D eigenvalue weighted by molar-refractivity contribution is -0.137. The minimum Gasteiger partial charge on any atom is -0.369 e. The van der Waals surface area contributed by atoms with Gasteiger partial charge in [0.2, 0.25) is 0 Å². The first kappa shape index (κ1) is 19.4. The lowest BCUT2D eigenvalue weighted by atomic mass is 10.1. The Balaban J connectivity index is 1.29. The summed E-state index contributed by atoms with van der Waals surface area (Å²) in [4.78, 5) is 26.8. The second-order valence-electron chi connectivity index (χ2n) is 7.07. The maximum Gasteiger partial charge on any atom is 0.416 e. The topological polar surface area (TPSA) is 70.0 Å². The molecule has 4 rings (SSSR count). The van der Waals surface area contributed by atoms with Gasteiger partial charge in [-0.15, -0.1) is 0 Å². The summed E-state index contributed by atoms with van der Waals surface area (Å²) in [5.41, 5.74) is 0.655. The van der Waals surface area contributed by atoms with Gasteiger partial charge in [-0.2, -0.15) is 13.2 Å². The molecule has 154 valence electrons. The van der Waals surface area contributed by atoms with E-state index < -0.39 is 11.7 Å². The van der Waals surface area contributed by atoms with Gasteiger partial charge in [-0.25, -0.2) is 9.97 Å². The van der Waals surface area contributed by atoms with E-state index in [-0.39, 0.29) is 5.56 Å². The van der Waals surface area contributed by atoms with Gasteiger partial charge >= 0.3 is 6.18 Å². The monoisotopic (exact) mass is 406 g/mol. The third-order valence-corrected chi connectivity index (χ3v) is 5.19. The van der Waals surface area contributed by atoms with Crippen molar-refractivity contribution in [3.8, 4) is 0 Å². The predicted molar refractivity (Wildman–Crippen MR) is 103 cm³/mol. The first-order valence-corrected chi connectivity index (χ1v) is 9.45. The SMILES string of the molecule is O=c1[nH]cnc2c1ncn2CCCN1CCN(c2cccc(C(F)(F)F)c2)CC1. The highest BCUT2D eigenvalue weighted by atomic mass is 19.4.